The van der Waals surface area contributed by atoms with E-state index in [1.807, 2.05) is 18.2 Å². The minimum atomic E-state index is -0.494. The Bertz CT molecular complexity index is 1040. The third kappa shape index (κ3) is 5.11. The Morgan fingerprint density at radius 2 is 2.15 bits per heavy atom. The molecule has 1 N–H and O–H groups in total. The van der Waals surface area contributed by atoms with E-state index in [0.29, 0.717) is 18.1 Å². The second kappa shape index (κ2) is 10.8. The first kappa shape index (κ1) is 24.6. The van der Waals surface area contributed by atoms with Gasteiger partial charge in [-0.1, -0.05) is 37.1 Å². The Kier molecular flexibility index (Phi) is 7.84. The first-order chi connectivity index (χ1) is 16.4. The molecule has 0 radical (unpaired) electrons. The molecule has 4 rings (SSSR count). The van der Waals surface area contributed by atoms with Crippen LogP contribution in [0.1, 0.15) is 53.6 Å². The predicted octanol–water partition coefficient (Wildman–Crippen LogP) is 5.63. The van der Waals surface area contributed by atoms with Gasteiger partial charge in [0.25, 0.3) is 0 Å². The summed E-state index contributed by atoms with van der Waals surface area (Å²) in [7, 11) is 1.39. The molecular formula is C28H34ClNO4. The van der Waals surface area contributed by atoms with Crippen molar-refractivity contribution in [3.8, 4) is 5.75 Å². The summed E-state index contributed by atoms with van der Waals surface area (Å²) in [5.74, 6) is 1.10. The number of hydrogen-bond acceptors (Lipinski definition) is 5. The largest absolute Gasteiger partial charge is 0.491 e. The highest BCUT2D eigenvalue weighted by atomic mass is 35.5. The number of hydrogen-bond donors (Lipinski definition) is 1. The van der Waals surface area contributed by atoms with Crippen LogP contribution < -0.4 is 9.64 Å². The Labute approximate surface area is 207 Å². The SMILES string of the molecule is C=CC(O)C1CCC1CN1CC(c2ccc(Cl)cc2CCC)COc2ccc(C(=O)OC)cc21. The number of anilines is 1. The lowest BCUT2D eigenvalue weighted by molar-refractivity contribution is 0.0465. The van der Waals surface area contributed by atoms with Gasteiger partial charge in [-0.15, -0.1) is 6.58 Å². The normalized spacial score (nSPS) is 22.6. The number of fused-ring (bicyclic) bond motifs is 1. The predicted molar refractivity (Wildman–Crippen MR) is 136 cm³/mol. The van der Waals surface area contributed by atoms with Gasteiger partial charge in [-0.05, 0) is 72.6 Å². The molecule has 0 amide bonds. The van der Waals surface area contributed by atoms with Gasteiger partial charge in [0.15, 0.2) is 0 Å². The molecule has 34 heavy (non-hydrogen) atoms. The number of aliphatic hydroxyl groups is 1. The first-order valence-corrected chi connectivity index (χ1v) is 12.5. The lowest BCUT2D eigenvalue weighted by atomic mass is 9.70. The average Bonchev–Trinajstić information content (AvgIpc) is 3.00. The summed E-state index contributed by atoms with van der Waals surface area (Å²) in [5.41, 5.74) is 3.92. The van der Waals surface area contributed by atoms with Crippen molar-refractivity contribution in [1.29, 1.82) is 0 Å². The van der Waals surface area contributed by atoms with E-state index in [9.17, 15) is 9.90 Å². The van der Waals surface area contributed by atoms with Crippen molar-refractivity contribution in [1.82, 2.24) is 0 Å². The third-order valence-electron chi connectivity index (χ3n) is 7.28. The second-order valence-corrected chi connectivity index (χ2v) is 9.84. The fourth-order valence-electron chi connectivity index (χ4n) is 5.29. The van der Waals surface area contributed by atoms with Crippen LogP contribution in [0.25, 0.3) is 0 Å². The van der Waals surface area contributed by atoms with E-state index in [1.54, 1.807) is 12.1 Å². The highest BCUT2D eigenvalue weighted by Gasteiger charge is 2.37. The zero-order chi connectivity index (χ0) is 24.2. The number of aryl methyl sites for hydroxylation is 1. The summed E-state index contributed by atoms with van der Waals surface area (Å²) < 4.78 is 11.3. The molecule has 4 atom stereocenters. The number of ether oxygens (including phenoxy) is 2. The molecule has 2 aliphatic rings. The number of methoxy groups -OCH3 is 1. The maximum atomic E-state index is 12.3. The van der Waals surface area contributed by atoms with Crippen LogP contribution >= 0.6 is 11.6 Å². The maximum absolute atomic E-state index is 12.3. The molecule has 1 heterocycles. The van der Waals surface area contributed by atoms with E-state index in [0.717, 1.165) is 55.2 Å². The van der Waals surface area contributed by atoms with Crippen LogP contribution in [0.4, 0.5) is 5.69 Å². The minimum Gasteiger partial charge on any atom is -0.491 e. The molecule has 5 nitrogen and oxygen atoms in total. The van der Waals surface area contributed by atoms with E-state index in [1.165, 1.54) is 18.2 Å². The van der Waals surface area contributed by atoms with E-state index in [2.05, 4.69) is 30.5 Å². The number of carbonyl (C=O) groups is 1. The fourth-order valence-corrected chi connectivity index (χ4v) is 5.48. The van der Waals surface area contributed by atoms with E-state index in [4.69, 9.17) is 21.1 Å². The standard InChI is InChI=1S/C28H34ClNO4/c1-4-6-18-13-22(29)9-11-23(18)21-16-30(15-20-7-10-24(20)26(31)5-2)25-14-19(28(32)33-3)8-12-27(25)34-17-21/h5,8-9,11-14,20-21,24,26,31H,2,4,6-7,10,15-17H2,1,3H3. The summed E-state index contributed by atoms with van der Waals surface area (Å²) in [6.07, 6.45) is 5.20. The van der Waals surface area contributed by atoms with E-state index < -0.39 is 6.10 Å². The molecule has 2 aromatic carbocycles. The second-order valence-electron chi connectivity index (χ2n) is 9.41. The summed E-state index contributed by atoms with van der Waals surface area (Å²) in [6.45, 7) is 8.03. The van der Waals surface area contributed by atoms with Gasteiger partial charge in [0, 0.05) is 24.0 Å². The Morgan fingerprint density at radius 1 is 1.32 bits per heavy atom. The highest BCUT2D eigenvalue weighted by Crippen LogP contribution is 2.42. The molecule has 1 saturated carbocycles. The van der Waals surface area contributed by atoms with Gasteiger partial charge in [-0.3, -0.25) is 0 Å². The molecule has 4 unspecified atom stereocenters. The molecule has 0 bridgehead atoms. The zero-order valence-electron chi connectivity index (χ0n) is 20.0. The van der Waals surface area contributed by atoms with E-state index in [-0.39, 0.29) is 17.8 Å². The summed E-state index contributed by atoms with van der Waals surface area (Å²) >= 11 is 6.32. The number of halogens is 1. The first-order valence-electron chi connectivity index (χ1n) is 12.1. The van der Waals surface area contributed by atoms with E-state index >= 15 is 0 Å². The van der Waals surface area contributed by atoms with Crippen LogP contribution in [0.15, 0.2) is 49.1 Å². The summed E-state index contributed by atoms with van der Waals surface area (Å²) in [6, 6.07) is 11.6. The number of carbonyl (C=O) groups excluding carboxylic acids is 1. The number of benzene rings is 2. The number of nitrogens with zero attached hydrogens (tertiary/aromatic N) is 1. The number of aliphatic hydroxyl groups excluding tert-OH is 1. The molecule has 0 spiro atoms. The lowest BCUT2D eigenvalue weighted by Crippen LogP contribution is -2.43. The number of rotatable bonds is 8. The molecule has 1 fully saturated rings. The van der Waals surface area contributed by atoms with Gasteiger partial charge < -0.3 is 19.5 Å². The quantitative estimate of drug-likeness (QED) is 0.389. The molecule has 6 heteroatoms. The molecular weight excluding hydrogens is 450 g/mol. The van der Waals surface area contributed by atoms with Crippen molar-refractivity contribution in [2.75, 3.05) is 31.7 Å². The van der Waals surface area contributed by atoms with Crippen molar-refractivity contribution in [3.63, 3.8) is 0 Å². The number of esters is 1. The van der Waals surface area contributed by atoms with Crippen molar-refractivity contribution in [2.24, 2.45) is 11.8 Å². The van der Waals surface area contributed by atoms with Crippen LogP contribution in [0, 0.1) is 11.8 Å². The molecule has 0 aromatic heterocycles. The van der Waals surface area contributed by atoms with Crippen LogP contribution in [-0.4, -0.2) is 44.0 Å². The Balaban J connectivity index is 1.69. The van der Waals surface area contributed by atoms with Gasteiger partial charge in [0.1, 0.15) is 5.75 Å². The van der Waals surface area contributed by atoms with Gasteiger partial charge >= 0.3 is 5.97 Å². The smallest absolute Gasteiger partial charge is 0.337 e. The van der Waals surface area contributed by atoms with Crippen LogP contribution in [0.3, 0.4) is 0 Å². The lowest BCUT2D eigenvalue weighted by Gasteiger charge is -2.42. The Morgan fingerprint density at radius 3 is 2.82 bits per heavy atom. The van der Waals surface area contributed by atoms with Crippen molar-refractivity contribution < 1.29 is 19.4 Å². The average molecular weight is 484 g/mol. The topological polar surface area (TPSA) is 59.0 Å². The monoisotopic (exact) mass is 483 g/mol. The van der Waals surface area contributed by atoms with Gasteiger partial charge in [-0.2, -0.15) is 0 Å². The van der Waals surface area contributed by atoms with Gasteiger partial charge in [0.05, 0.1) is 31.1 Å². The summed E-state index contributed by atoms with van der Waals surface area (Å²) in [4.78, 5) is 14.6. The van der Waals surface area contributed by atoms with Gasteiger partial charge in [-0.25, -0.2) is 4.79 Å². The van der Waals surface area contributed by atoms with Gasteiger partial charge in [0.2, 0.25) is 0 Å². The maximum Gasteiger partial charge on any atom is 0.337 e. The zero-order valence-corrected chi connectivity index (χ0v) is 20.8. The Hall–Kier alpha value is -2.50. The van der Waals surface area contributed by atoms with Crippen molar-refractivity contribution in [2.45, 2.75) is 44.6 Å². The van der Waals surface area contributed by atoms with Crippen LogP contribution in [0.5, 0.6) is 5.75 Å². The van der Waals surface area contributed by atoms with Crippen molar-refractivity contribution >= 4 is 23.3 Å². The molecule has 1 aliphatic carbocycles. The van der Waals surface area contributed by atoms with Crippen LogP contribution in [0.2, 0.25) is 5.02 Å². The fraction of sp³-hybridized carbons (Fsp3) is 0.464. The minimum absolute atomic E-state index is 0.149. The van der Waals surface area contributed by atoms with Crippen molar-refractivity contribution in [3.05, 3.63) is 70.8 Å². The highest BCUT2D eigenvalue weighted by molar-refractivity contribution is 6.30. The van der Waals surface area contributed by atoms with Crippen LogP contribution in [-0.2, 0) is 11.2 Å². The molecule has 1 aliphatic heterocycles. The summed E-state index contributed by atoms with van der Waals surface area (Å²) in [5, 5.41) is 11.1. The molecule has 182 valence electrons. The molecule has 0 saturated heterocycles. The molecule has 2 aromatic rings. The third-order valence-corrected chi connectivity index (χ3v) is 7.51.